The summed E-state index contributed by atoms with van der Waals surface area (Å²) in [6.45, 7) is 1.89. The number of urea groups is 1. The van der Waals surface area contributed by atoms with Crippen LogP contribution in [0.4, 0.5) is 29.3 Å². The van der Waals surface area contributed by atoms with Crippen molar-refractivity contribution >= 4 is 17.4 Å². The molecular weight excluding hydrogens is 357 g/mol. The van der Waals surface area contributed by atoms with E-state index in [9.17, 15) is 18.0 Å². The van der Waals surface area contributed by atoms with Crippen LogP contribution >= 0.6 is 0 Å². The van der Waals surface area contributed by atoms with Crippen LogP contribution in [-0.2, 0) is 12.6 Å². The standard InChI is InChI=1S/C19H21F3N4O/c20-19(21,22)15-5-6-17(26-10-1-2-11-26)16(12-15)25-18(27)24-9-7-14-4-3-8-23-13-14/h3-6,8,12-13H,1-2,7,9-11H2,(H2,24,25,27). The quantitative estimate of drug-likeness (QED) is 0.825. The SMILES string of the molecule is O=C(NCCc1cccnc1)Nc1cc(C(F)(F)F)ccc1N1CCCC1. The number of nitrogens with one attached hydrogen (secondary N) is 2. The maximum Gasteiger partial charge on any atom is 0.416 e. The van der Waals surface area contributed by atoms with Crippen molar-refractivity contribution in [1.29, 1.82) is 0 Å². The normalized spacial score (nSPS) is 14.3. The molecule has 27 heavy (non-hydrogen) atoms. The van der Waals surface area contributed by atoms with Gasteiger partial charge in [0.1, 0.15) is 0 Å². The van der Waals surface area contributed by atoms with E-state index in [0.717, 1.165) is 43.6 Å². The number of aromatic nitrogens is 1. The highest BCUT2D eigenvalue weighted by molar-refractivity contribution is 5.93. The first kappa shape index (κ1) is 19.0. The molecule has 8 heteroatoms. The van der Waals surface area contributed by atoms with Gasteiger partial charge in [0, 0.05) is 32.0 Å². The van der Waals surface area contributed by atoms with Crippen molar-refractivity contribution < 1.29 is 18.0 Å². The minimum absolute atomic E-state index is 0.172. The number of carbonyl (C=O) groups is 1. The predicted molar refractivity (Wildman–Crippen MR) is 97.9 cm³/mol. The van der Waals surface area contributed by atoms with Gasteiger partial charge in [-0.15, -0.1) is 0 Å². The zero-order valence-corrected chi connectivity index (χ0v) is 14.7. The Labute approximate surface area is 155 Å². The van der Waals surface area contributed by atoms with Crippen LogP contribution in [0, 0.1) is 0 Å². The highest BCUT2D eigenvalue weighted by atomic mass is 19.4. The van der Waals surface area contributed by atoms with Crippen molar-refractivity contribution in [2.75, 3.05) is 29.9 Å². The third kappa shape index (κ3) is 5.12. The Hall–Kier alpha value is -2.77. The third-order valence-corrected chi connectivity index (χ3v) is 4.44. The molecule has 1 aromatic heterocycles. The maximum atomic E-state index is 13.1. The Morgan fingerprint density at radius 2 is 1.96 bits per heavy atom. The summed E-state index contributed by atoms with van der Waals surface area (Å²) in [5, 5.41) is 5.26. The fourth-order valence-electron chi connectivity index (χ4n) is 3.08. The Bertz CT molecular complexity index is 774. The summed E-state index contributed by atoms with van der Waals surface area (Å²) < 4.78 is 39.2. The number of pyridine rings is 1. The molecule has 0 saturated carbocycles. The van der Waals surface area contributed by atoms with E-state index < -0.39 is 17.8 Å². The molecule has 2 amide bonds. The van der Waals surface area contributed by atoms with E-state index >= 15 is 0 Å². The van der Waals surface area contributed by atoms with Crippen LogP contribution in [0.3, 0.4) is 0 Å². The van der Waals surface area contributed by atoms with Crippen LogP contribution in [0.2, 0.25) is 0 Å². The molecule has 1 fully saturated rings. The molecule has 144 valence electrons. The highest BCUT2D eigenvalue weighted by Crippen LogP contribution is 2.36. The van der Waals surface area contributed by atoms with Crippen LogP contribution in [0.25, 0.3) is 0 Å². The zero-order chi connectivity index (χ0) is 19.3. The lowest BCUT2D eigenvalue weighted by Crippen LogP contribution is -2.31. The molecule has 2 N–H and O–H groups in total. The number of hydrogen-bond acceptors (Lipinski definition) is 3. The summed E-state index contributed by atoms with van der Waals surface area (Å²) in [4.78, 5) is 18.2. The monoisotopic (exact) mass is 378 g/mol. The molecule has 1 aromatic carbocycles. The second kappa shape index (κ2) is 8.28. The van der Waals surface area contributed by atoms with Gasteiger partial charge < -0.3 is 15.5 Å². The first-order chi connectivity index (χ1) is 12.9. The van der Waals surface area contributed by atoms with Gasteiger partial charge in [-0.3, -0.25) is 4.98 Å². The molecule has 2 heterocycles. The molecule has 1 aliphatic heterocycles. The second-order valence-corrected chi connectivity index (χ2v) is 6.42. The predicted octanol–water partition coefficient (Wildman–Crippen LogP) is 4.06. The number of anilines is 2. The van der Waals surface area contributed by atoms with E-state index in [0.29, 0.717) is 18.7 Å². The van der Waals surface area contributed by atoms with Crippen LogP contribution < -0.4 is 15.5 Å². The third-order valence-electron chi connectivity index (χ3n) is 4.44. The number of carbonyl (C=O) groups excluding carboxylic acids is 1. The largest absolute Gasteiger partial charge is 0.416 e. The van der Waals surface area contributed by atoms with Crippen LogP contribution in [0.1, 0.15) is 24.0 Å². The van der Waals surface area contributed by atoms with Gasteiger partial charge in [-0.05, 0) is 49.1 Å². The Balaban J connectivity index is 1.68. The van der Waals surface area contributed by atoms with E-state index in [1.165, 1.54) is 6.07 Å². The minimum Gasteiger partial charge on any atom is -0.370 e. The molecule has 0 aliphatic carbocycles. The van der Waals surface area contributed by atoms with E-state index in [1.54, 1.807) is 18.5 Å². The number of rotatable bonds is 5. The van der Waals surface area contributed by atoms with Crippen molar-refractivity contribution in [2.45, 2.75) is 25.4 Å². The number of benzene rings is 1. The summed E-state index contributed by atoms with van der Waals surface area (Å²) in [7, 11) is 0. The van der Waals surface area contributed by atoms with Crippen LogP contribution in [0.15, 0.2) is 42.7 Å². The Morgan fingerprint density at radius 3 is 2.63 bits per heavy atom. The minimum atomic E-state index is -4.46. The molecular formula is C19H21F3N4O. The number of alkyl halides is 3. The number of nitrogens with zero attached hydrogens (tertiary/aromatic N) is 2. The van der Waals surface area contributed by atoms with E-state index in [1.807, 2.05) is 11.0 Å². The molecule has 5 nitrogen and oxygen atoms in total. The lowest BCUT2D eigenvalue weighted by Gasteiger charge is -2.23. The van der Waals surface area contributed by atoms with Crippen molar-refractivity contribution in [1.82, 2.24) is 10.3 Å². The van der Waals surface area contributed by atoms with Crippen molar-refractivity contribution in [3.63, 3.8) is 0 Å². The summed E-state index contributed by atoms with van der Waals surface area (Å²) >= 11 is 0. The van der Waals surface area contributed by atoms with Gasteiger partial charge in [-0.25, -0.2) is 4.79 Å². The average molecular weight is 378 g/mol. The molecule has 0 radical (unpaired) electrons. The van der Waals surface area contributed by atoms with Gasteiger partial charge in [-0.1, -0.05) is 6.07 Å². The molecule has 3 rings (SSSR count). The van der Waals surface area contributed by atoms with Gasteiger partial charge in [0.05, 0.1) is 16.9 Å². The maximum absolute atomic E-state index is 13.1. The van der Waals surface area contributed by atoms with Gasteiger partial charge in [-0.2, -0.15) is 13.2 Å². The van der Waals surface area contributed by atoms with Crippen molar-refractivity contribution in [3.05, 3.63) is 53.9 Å². The van der Waals surface area contributed by atoms with Gasteiger partial charge in [0.25, 0.3) is 0 Å². The molecule has 0 atom stereocenters. The van der Waals surface area contributed by atoms with Crippen molar-refractivity contribution in [3.8, 4) is 0 Å². The number of halogens is 3. The van der Waals surface area contributed by atoms with E-state index in [-0.39, 0.29) is 5.69 Å². The fourth-order valence-corrected chi connectivity index (χ4v) is 3.08. The molecule has 0 spiro atoms. The molecule has 1 saturated heterocycles. The van der Waals surface area contributed by atoms with Gasteiger partial charge >= 0.3 is 12.2 Å². The lowest BCUT2D eigenvalue weighted by atomic mass is 10.1. The van der Waals surface area contributed by atoms with E-state index in [2.05, 4.69) is 15.6 Å². The highest BCUT2D eigenvalue weighted by Gasteiger charge is 2.32. The topological polar surface area (TPSA) is 57.3 Å². The van der Waals surface area contributed by atoms with Crippen LogP contribution in [0.5, 0.6) is 0 Å². The first-order valence-electron chi connectivity index (χ1n) is 8.83. The summed E-state index contributed by atoms with van der Waals surface area (Å²) in [5.41, 5.74) is 0.972. The fraction of sp³-hybridized carbons (Fsp3) is 0.368. The van der Waals surface area contributed by atoms with Crippen LogP contribution in [-0.4, -0.2) is 30.6 Å². The summed E-state index contributed by atoms with van der Waals surface area (Å²) in [5.74, 6) is 0. The zero-order valence-electron chi connectivity index (χ0n) is 14.7. The average Bonchev–Trinajstić information content (AvgIpc) is 3.16. The van der Waals surface area contributed by atoms with Crippen molar-refractivity contribution in [2.24, 2.45) is 0 Å². The second-order valence-electron chi connectivity index (χ2n) is 6.42. The molecule has 0 unspecified atom stereocenters. The van der Waals surface area contributed by atoms with Gasteiger partial charge in [0.2, 0.25) is 0 Å². The molecule has 2 aromatic rings. The van der Waals surface area contributed by atoms with E-state index in [4.69, 9.17) is 0 Å². The lowest BCUT2D eigenvalue weighted by molar-refractivity contribution is -0.137. The Kier molecular flexibility index (Phi) is 5.83. The summed E-state index contributed by atoms with van der Waals surface area (Å²) in [6, 6.07) is 6.65. The number of amides is 2. The van der Waals surface area contributed by atoms with Gasteiger partial charge in [0.15, 0.2) is 0 Å². The summed E-state index contributed by atoms with van der Waals surface area (Å²) in [6.07, 6.45) is 1.46. The smallest absolute Gasteiger partial charge is 0.370 e. The Morgan fingerprint density at radius 1 is 1.19 bits per heavy atom. The number of hydrogen-bond donors (Lipinski definition) is 2. The first-order valence-corrected chi connectivity index (χ1v) is 8.83. The molecule has 0 bridgehead atoms. The molecule has 1 aliphatic rings.